The highest BCUT2D eigenvalue weighted by Gasteiger charge is 2.32. The monoisotopic (exact) mass is 279 g/mol. The molecule has 0 aliphatic heterocycles. The van der Waals surface area contributed by atoms with E-state index in [1.165, 1.54) is 24.7 Å². The zero-order valence-corrected chi connectivity index (χ0v) is 9.98. The fraction of sp³-hybridized carbons (Fsp3) is 0.0769. The molecule has 7 heteroatoms. The van der Waals surface area contributed by atoms with Crippen molar-refractivity contribution in [1.82, 2.24) is 15.0 Å². The molecule has 1 aromatic carbocycles. The van der Waals surface area contributed by atoms with Crippen LogP contribution in [0.5, 0.6) is 5.75 Å². The fourth-order valence-corrected chi connectivity index (χ4v) is 1.90. The minimum atomic E-state index is -4.73. The lowest BCUT2D eigenvalue weighted by Gasteiger charge is -2.12. The molecule has 1 N–H and O–H groups in total. The van der Waals surface area contributed by atoms with E-state index >= 15 is 0 Å². The molecule has 0 spiro atoms. The molecule has 102 valence electrons. The Bertz CT molecular complexity index is 752. The molecule has 0 aliphatic carbocycles. The van der Waals surface area contributed by atoms with E-state index in [0.29, 0.717) is 22.3 Å². The highest BCUT2D eigenvalue weighted by Crippen LogP contribution is 2.33. The lowest BCUT2D eigenvalue weighted by molar-refractivity contribution is -0.274. The van der Waals surface area contributed by atoms with Gasteiger partial charge in [-0.3, -0.25) is 0 Å². The van der Waals surface area contributed by atoms with Gasteiger partial charge in [0.1, 0.15) is 5.75 Å². The van der Waals surface area contributed by atoms with E-state index in [4.69, 9.17) is 0 Å². The van der Waals surface area contributed by atoms with E-state index in [0.717, 1.165) is 0 Å². The first-order valence-corrected chi connectivity index (χ1v) is 5.67. The molecule has 2 heterocycles. The molecule has 0 saturated heterocycles. The highest BCUT2D eigenvalue weighted by molar-refractivity contribution is 5.79. The van der Waals surface area contributed by atoms with Crippen LogP contribution in [-0.4, -0.2) is 21.3 Å². The Kier molecular flexibility index (Phi) is 2.81. The van der Waals surface area contributed by atoms with Gasteiger partial charge in [-0.05, 0) is 12.1 Å². The molecule has 0 fully saturated rings. The summed E-state index contributed by atoms with van der Waals surface area (Å²) in [5.74, 6) is -0.263. The zero-order valence-electron chi connectivity index (χ0n) is 9.98. The summed E-state index contributed by atoms with van der Waals surface area (Å²) in [5, 5.41) is 0. The summed E-state index contributed by atoms with van der Waals surface area (Å²) in [7, 11) is 0. The number of rotatable bonds is 2. The van der Waals surface area contributed by atoms with E-state index < -0.39 is 6.36 Å². The second-order valence-corrected chi connectivity index (χ2v) is 4.04. The number of hydrogen-bond acceptors (Lipinski definition) is 3. The number of benzene rings is 1. The van der Waals surface area contributed by atoms with Crippen LogP contribution in [0.1, 0.15) is 0 Å². The van der Waals surface area contributed by atoms with Crippen molar-refractivity contribution < 1.29 is 17.9 Å². The molecule has 4 nitrogen and oxygen atoms in total. The van der Waals surface area contributed by atoms with Crippen LogP contribution in [0.4, 0.5) is 13.2 Å². The zero-order chi connectivity index (χ0) is 14.2. The minimum Gasteiger partial charge on any atom is -0.405 e. The van der Waals surface area contributed by atoms with Gasteiger partial charge in [0, 0.05) is 17.3 Å². The average molecular weight is 279 g/mol. The van der Waals surface area contributed by atoms with Crippen molar-refractivity contribution in [2.75, 3.05) is 0 Å². The first kappa shape index (κ1) is 12.5. The summed E-state index contributed by atoms with van der Waals surface area (Å²) in [5.41, 5.74) is 1.97. The van der Waals surface area contributed by atoms with Crippen molar-refractivity contribution in [1.29, 1.82) is 0 Å². The van der Waals surface area contributed by atoms with Crippen molar-refractivity contribution in [3.63, 3.8) is 0 Å². The van der Waals surface area contributed by atoms with Gasteiger partial charge >= 0.3 is 6.36 Å². The van der Waals surface area contributed by atoms with Crippen LogP contribution in [-0.2, 0) is 0 Å². The number of aromatic nitrogens is 3. The van der Waals surface area contributed by atoms with Gasteiger partial charge in [0.15, 0.2) is 5.65 Å². The number of H-pyrrole nitrogens is 1. The lowest BCUT2D eigenvalue weighted by atomic mass is 10.1. The van der Waals surface area contributed by atoms with Crippen LogP contribution in [0.3, 0.4) is 0 Å². The molecule has 0 radical (unpaired) electrons. The molecule has 3 rings (SSSR count). The molecular formula is C13H8F3N3O. The Labute approximate surface area is 111 Å². The van der Waals surface area contributed by atoms with Crippen LogP contribution in [0.25, 0.3) is 22.3 Å². The second kappa shape index (κ2) is 4.52. The van der Waals surface area contributed by atoms with E-state index in [1.54, 1.807) is 18.2 Å². The molecule has 3 aromatic rings. The summed E-state index contributed by atoms with van der Waals surface area (Å²) in [6.45, 7) is 0. The van der Waals surface area contributed by atoms with E-state index in [1.807, 2.05) is 0 Å². The first-order valence-electron chi connectivity index (χ1n) is 5.67. The van der Waals surface area contributed by atoms with Gasteiger partial charge in [-0.15, -0.1) is 13.2 Å². The van der Waals surface area contributed by atoms with Gasteiger partial charge in [-0.25, -0.2) is 9.97 Å². The van der Waals surface area contributed by atoms with Crippen molar-refractivity contribution in [2.45, 2.75) is 6.36 Å². The number of imidazole rings is 1. The van der Waals surface area contributed by atoms with Crippen molar-refractivity contribution in [3.8, 4) is 16.9 Å². The number of alkyl halides is 3. The van der Waals surface area contributed by atoms with E-state index in [2.05, 4.69) is 19.7 Å². The summed E-state index contributed by atoms with van der Waals surface area (Å²) < 4.78 is 41.2. The fourth-order valence-electron chi connectivity index (χ4n) is 1.90. The minimum absolute atomic E-state index is 0.263. The van der Waals surface area contributed by atoms with Crippen LogP contribution >= 0.6 is 0 Å². The van der Waals surface area contributed by atoms with Gasteiger partial charge in [0.2, 0.25) is 0 Å². The van der Waals surface area contributed by atoms with Crippen LogP contribution in [0.2, 0.25) is 0 Å². The van der Waals surface area contributed by atoms with Crippen LogP contribution in [0.15, 0.2) is 42.9 Å². The van der Waals surface area contributed by atoms with Gasteiger partial charge in [0.25, 0.3) is 0 Å². The van der Waals surface area contributed by atoms with E-state index in [9.17, 15) is 13.2 Å². The van der Waals surface area contributed by atoms with Crippen molar-refractivity contribution in [2.24, 2.45) is 0 Å². The second-order valence-electron chi connectivity index (χ2n) is 4.04. The molecule has 20 heavy (non-hydrogen) atoms. The number of nitrogens with zero attached hydrogens (tertiary/aromatic N) is 2. The maximum Gasteiger partial charge on any atom is 0.573 e. The highest BCUT2D eigenvalue weighted by atomic mass is 19.4. The van der Waals surface area contributed by atoms with Gasteiger partial charge in [-0.2, -0.15) is 0 Å². The van der Waals surface area contributed by atoms with Gasteiger partial charge < -0.3 is 9.72 Å². The molecule has 0 saturated carbocycles. The number of aromatic amines is 1. The molecule has 0 bridgehead atoms. The number of halogens is 3. The SMILES string of the molecule is FC(F)(F)Oc1ccccc1-c1cnc2nc[nH]c2c1. The topological polar surface area (TPSA) is 50.8 Å². The number of hydrogen-bond donors (Lipinski definition) is 1. The number of nitrogens with one attached hydrogen (secondary N) is 1. The molecule has 0 amide bonds. The Morgan fingerprint density at radius 1 is 1.10 bits per heavy atom. The number of para-hydroxylation sites is 1. The predicted molar refractivity (Wildman–Crippen MR) is 66.0 cm³/mol. The normalized spacial score (nSPS) is 11.8. The van der Waals surface area contributed by atoms with Gasteiger partial charge in [-0.1, -0.05) is 18.2 Å². The first-order chi connectivity index (χ1) is 9.53. The Balaban J connectivity index is 2.08. The number of fused-ring (bicyclic) bond motifs is 1. The van der Waals surface area contributed by atoms with E-state index in [-0.39, 0.29) is 5.75 Å². The van der Waals surface area contributed by atoms with Gasteiger partial charge in [0.05, 0.1) is 11.8 Å². The van der Waals surface area contributed by atoms with Crippen LogP contribution < -0.4 is 4.74 Å². The summed E-state index contributed by atoms with van der Waals surface area (Å²) >= 11 is 0. The maximum absolute atomic E-state index is 12.4. The quantitative estimate of drug-likeness (QED) is 0.780. The number of ether oxygens (including phenoxy) is 1. The molecule has 0 atom stereocenters. The number of pyridine rings is 1. The third-order valence-electron chi connectivity index (χ3n) is 2.70. The lowest BCUT2D eigenvalue weighted by Crippen LogP contribution is -2.17. The average Bonchev–Trinajstić information content (AvgIpc) is 2.84. The Hall–Kier alpha value is -2.57. The maximum atomic E-state index is 12.4. The molecular weight excluding hydrogens is 271 g/mol. The largest absolute Gasteiger partial charge is 0.573 e. The third kappa shape index (κ3) is 2.42. The van der Waals surface area contributed by atoms with Crippen molar-refractivity contribution >= 4 is 11.2 Å². The van der Waals surface area contributed by atoms with Crippen molar-refractivity contribution in [3.05, 3.63) is 42.9 Å². The Morgan fingerprint density at radius 2 is 1.90 bits per heavy atom. The Morgan fingerprint density at radius 3 is 2.70 bits per heavy atom. The summed E-state index contributed by atoms with van der Waals surface area (Å²) in [6.07, 6.45) is -1.80. The third-order valence-corrected chi connectivity index (χ3v) is 2.70. The molecule has 2 aromatic heterocycles. The summed E-state index contributed by atoms with van der Waals surface area (Å²) in [6, 6.07) is 7.59. The smallest absolute Gasteiger partial charge is 0.405 e. The molecule has 0 unspecified atom stereocenters. The standard InChI is InChI=1S/C13H8F3N3O/c14-13(15,16)20-11-4-2-1-3-9(11)8-5-10-12(17-6-8)19-7-18-10/h1-7H,(H,17,18,19). The van der Waals surface area contributed by atoms with Crippen LogP contribution in [0, 0.1) is 0 Å². The molecule has 0 aliphatic rings. The predicted octanol–water partition coefficient (Wildman–Crippen LogP) is 3.52. The summed E-state index contributed by atoms with van der Waals surface area (Å²) in [4.78, 5) is 10.9.